The summed E-state index contributed by atoms with van der Waals surface area (Å²) in [5.41, 5.74) is 6.33. The van der Waals surface area contributed by atoms with Gasteiger partial charge in [-0.25, -0.2) is 4.85 Å². The Bertz CT molecular complexity index is 2480. The normalized spacial score (nSPS) is 11.9. The van der Waals surface area contributed by atoms with Crippen LogP contribution in [-0.4, -0.2) is 15.6 Å². The second kappa shape index (κ2) is 17.5. The molecule has 4 nitrogen and oxygen atoms in total. The second-order valence-corrected chi connectivity index (χ2v) is 18.2. The van der Waals surface area contributed by atoms with Crippen molar-refractivity contribution < 1.29 is 9.90 Å². The maximum Gasteiger partial charge on any atom is 0.333 e. The average Bonchev–Trinajstić information content (AvgIpc) is 4.03. The molecule has 8 heteroatoms. The smallest absolute Gasteiger partial charge is 0.333 e. The summed E-state index contributed by atoms with van der Waals surface area (Å²) in [6, 6.07) is 29.4. The molecule has 7 aromatic rings. The lowest BCUT2D eigenvalue weighted by Gasteiger charge is -2.03. The highest BCUT2D eigenvalue weighted by Crippen LogP contribution is 2.47. The molecule has 0 aliphatic rings. The number of hydrogen-bond donors (Lipinski definition) is 1. The van der Waals surface area contributed by atoms with Crippen molar-refractivity contribution >= 4 is 79.2 Å². The number of carbonyl (C=O) groups is 1. The van der Waals surface area contributed by atoms with Crippen molar-refractivity contribution in [2.75, 3.05) is 0 Å². The third kappa shape index (κ3) is 8.06. The van der Waals surface area contributed by atoms with Crippen molar-refractivity contribution in [2.24, 2.45) is 0 Å². The fraction of sp³-hybridized carbons (Fsp3) is 0.304. The Morgan fingerprint density at radius 2 is 1.28 bits per heavy atom. The third-order valence-electron chi connectivity index (χ3n) is 10.1. The van der Waals surface area contributed by atoms with Gasteiger partial charge in [0.1, 0.15) is 0 Å². The van der Waals surface area contributed by atoms with Gasteiger partial charge in [-0.3, -0.25) is 4.79 Å². The number of unbranched alkanes of at least 4 members (excludes halogenated alkanes) is 6. The van der Waals surface area contributed by atoms with Crippen LogP contribution in [-0.2, 0) is 24.2 Å². The van der Waals surface area contributed by atoms with Crippen LogP contribution < -0.4 is 0 Å². The summed E-state index contributed by atoms with van der Waals surface area (Å²) in [5.74, 6) is -1.18. The zero-order valence-electron chi connectivity index (χ0n) is 31.2. The second-order valence-electron chi connectivity index (χ2n) is 13.9. The van der Waals surface area contributed by atoms with Gasteiger partial charge in [0.2, 0.25) is 0 Å². The van der Waals surface area contributed by atoms with Gasteiger partial charge < -0.3 is 9.67 Å². The minimum atomic E-state index is -1.18. The third-order valence-corrected chi connectivity index (χ3v) is 15.2. The van der Waals surface area contributed by atoms with Gasteiger partial charge in [0.15, 0.2) is 0 Å². The van der Waals surface area contributed by atoms with Crippen LogP contribution in [0.3, 0.4) is 0 Å². The van der Waals surface area contributed by atoms with E-state index in [-0.39, 0.29) is 5.70 Å². The Hall–Kier alpha value is -4.26. The zero-order chi connectivity index (χ0) is 37.6. The highest BCUT2D eigenvalue weighted by molar-refractivity contribution is 7.29. The van der Waals surface area contributed by atoms with Crippen LogP contribution in [0.5, 0.6) is 0 Å². The molecule has 0 fully saturated rings. The summed E-state index contributed by atoms with van der Waals surface area (Å²) in [6.45, 7) is 15.0. The number of para-hydroxylation sites is 1. The number of fused-ring (bicyclic) bond motifs is 3. The van der Waals surface area contributed by atoms with E-state index in [1.54, 1.807) is 22.7 Å². The molecule has 276 valence electrons. The quantitative estimate of drug-likeness (QED) is 0.0568. The zero-order valence-corrected chi connectivity index (χ0v) is 34.5. The van der Waals surface area contributed by atoms with Gasteiger partial charge in [0.25, 0.3) is 5.70 Å². The number of aryl methyl sites for hydroxylation is 3. The van der Waals surface area contributed by atoms with Crippen LogP contribution in [0, 0.1) is 6.57 Å². The van der Waals surface area contributed by atoms with Crippen LogP contribution in [0.15, 0.2) is 84.6 Å². The van der Waals surface area contributed by atoms with Gasteiger partial charge in [-0.1, -0.05) is 76.6 Å². The lowest BCUT2D eigenvalue weighted by Crippen LogP contribution is -1.94. The average molecular weight is 787 g/mol. The first-order chi connectivity index (χ1) is 26.4. The molecule has 0 atom stereocenters. The van der Waals surface area contributed by atoms with Crippen LogP contribution in [0.25, 0.3) is 72.4 Å². The van der Waals surface area contributed by atoms with E-state index in [9.17, 15) is 9.90 Å². The summed E-state index contributed by atoms with van der Waals surface area (Å²) >= 11 is 7.21. The first-order valence-electron chi connectivity index (χ1n) is 19.2. The SMILES string of the molecule is [C-]#[N+]/C(=C\c1cc(CCCCCC)c(-c2ccc(-c3ccc(-c4sc(-c5ccc6c(c5)c5ccccc5n6CC)cc4CCCCCC)s3)s2)s1)C(=O)O. The fourth-order valence-corrected chi connectivity index (χ4v) is 12.1. The number of rotatable bonds is 17. The number of nitrogens with zero attached hydrogens (tertiary/aromatic N) is 2. The Labute approximate surface area is 334 Å². The van der Waals surface area contributed by atoms with E-state index < -0.39 is 5.97 Å². The number of aromatic nitrogens is 1. The van der Waals surface area contributed by atoms with Gasteiger partial charge in [-0.05, 0) is 110 Å². The van der Waals surface area contributed by atoms with E-state index in [0.29, 0.717) is 0 Å². The highest BCUT2D eigenvalue weighted by Gasteiger charge is 2.19. The predicted molar refractivity (Wildman–Crippen MR) is 236 cm³/mol. The number of aliphatic carboxylic acids is 1. The van der Waals surface area contributed by atoms with Gasteiger partial charge in [0, 0.05) is 67.4 Å². The van der Waals surface area contributed by atoms with Crippen molar-refractivity contribution in [2.45, 2.75) is 91.5 Å². The molecule has 0 spiro atoms. The number of carboxylic acid groups (broad SMARTS) is 1. The van der Waals surface area contributed by atoms with Crippen molar-refractivity contribution in [3.63, 3.8) is 0 Å². The Morgan fingerprint density at radius 1 is 0.667 bits per heavy atom. The van der Waals surface area contributed by atoms with Crippen molar-refractivity contribution in [1.29, 1.82) is 0 Å². The molecule has 0 radical (unpaired) electrons. The van der Waals surface area contributed by atoms with Crippen LogP contribution in [0.2, 0.25) is 0 Å². The molecular weight excluding hydrogens is 741 g/mol. The molecule has 0 saturated carbocycles. The molecule has 1 N–H and O–H groups in total. The molecule has 7 rings (SSSR count). The molecule has 54 heavy (non-hydrogen) atoms. The molecule has 5 heterocycles. The number of benzene rings is 2. The summed E-state index contributed by atoms with van der Waals surface area (Å²) < 4.78 is 2.42. The molecule has 0 aliphatic carbocycles. The summed E-state index contributed by atoms with van der Waals surface area (Å²) in [7, 11) is 0. The molecule has 2 aromatic carbocycles. The predicted octanol–water partition coefficient (Wildman–Crippen LogP) is 15.3. The minimum Gasteiger partial charge on any atom is -0.486 e. The Kier molecular flexibility index (Phi) is 12.3. The molecule has 0 saturated heterocycles. The van der Waals surface area contributed by atoms with Crippen LogP contribution >= 0.6 is 45.3 Å². The van der Waals surface area contributed by atoms with Crippen LogP contribution in [0.1, 0.15) is 88.1 Å². The molecular formula is C46H46N2O2S4. The van der Waals surface area contributed by atoms with Crippen molar-refractivity contribution in [1.82, 2.24) is 4.57 Å². The van der Waals surface area contributed by atoms with Gasteiger partial charge in [0.05, 0.1) is 6.57 Å². The van der Waals surface area contributed by atoms with E-state index in [1.807, 2.05) is 22.7 Å². The number of thiophene rings is 4. The number of hydrogen-bond acceptors (Lipinski definition) is 5. The maximum atomic E-state index is 11.6. The van der Waals surface area contributed by atoms with Crippen molar-refractivity contribution in [3.8, 4) is 39.7 Å². The Balaban J connectivity index is 1.21. The van der Waals surface area contributed by atoms with E-state index in [1.165, 1.54) is 124 Å². The monoisotopic (exact) mass is 786 g/mol. The lowest BCUT2D eigenvalue weighted by molar-refractivity contribution is -0.132. The van der Waals surface area contributed by atoms with E-state index in [2.05, 4.69) is 109 Å². The molecule has 0 aliphatic heterocycles. The van der Waals surface area contributed by atoms with E-state index in [0.717, 1.165) is 30.7 Å². The van der Waals surface area contributed by atoms with E-state index >= 15 is 0 Å². The largest absolute Gasteiger partial charge is 0.486 e. The van der Waals surface area contributed by atoms with Gasteiger partial charge in [-0.15, -0.1) is 45.3 Å². The standard InChI is InChI=1S/C46H46N2O2S4/c1-5-8-10-12-16-31-26-33(29-36(47-4)46(49)50)51-44(31)41-24-22-39(52-41)40-23-25-42(53-40)45-32(17-13-11-9-6-2)28-43(54-45)30-20-21-38-35(27-30)34-18-14-15-19-37(34)48(38)7-3/h14-15,18-29H,5-13,16-17H2,1-3H3,(H,49,50)/b36-29-. The van der Waals surface area contributed by atoms with Crippen LogP contribution in [0.4, 0.5) is 0 Å². The number of carboxylic acids is 1. The highest BCUT2D eigenvalue weighted by atomic mass is 32.1. The summed E-state index contributed by atoms with van der Waals surface area (Å²) in [6.07, 6.45) is 13.2. The molecule has 0 bridgehead atoms. The summed E-state index contributed by atoms with van der Waals surface area (Å²) in [4.78, 5) is 24.6. The fourth-order valence-electron chi connectivity index (χ4n) is 7.37. The summed E-state index contributed by atoms with van der Waals surface area (Å²) in [5, 5.41) is 12.1. The van der Waals surface area contributed by atoms with Gasteiger partial charge in [-0.2, -0.15) is 0 Å². The van der Waals surface area contributed by atoms with E-state index in [4.69, 9.17) is 6.57 Å². The van der Waals surface area contributed by atoms with Gasteiger partial charge >= 0.3 is 5.97 Å². The minimum absolute atomic E-state index is 0.246. The maximum absolute atomic E-state index is 11.6. The molecule has 0 unspecified atom stereocenters. The topological polar surface area (TPSA) is 46.6 Å². The first-order valence-corrected chi connectivity index (χ1v) is 22.5. The van der Waals surface area contributed by atoms with Crippen molar-refractivity contribution in [3.05, 3.63) is 112 Å². The molecule has 5 aromatic heterocycles. The lowest BCUT2D eigenvalue weighted by atomic mass is 10.0. The Morgan fingerprint density at radius 3 is 1.91 bits per heavy atom. The first kappa shape index (κ1) is 38.0. The molecule has 0 amide bonds.